The summed E-state index contributed by atoms with van der Waals surface area (Å²) in [6.45, 7) is 5.85. The minimum Gasteiger partial charge on any atom is -0.478 e. The zero-order valence-electron chi connectivity index (χ0n) is 17.9. The lowest BCUT2D eigenvalue weighted by Gasteiger charge is -2.25. The molecular weight excluding hydrogens is 380 g/mol. The van der Waals surface area contributed by atoms with E-state index in [1.165, 1.54) is 0 Å². The van der Waals surface area contributed by atoms with Gasteiger partial charge in [-0.25, -0.2) is 4.79 Å². The highest BCUT2D eigenvalue weighted by atomic mass is 16.4. The number of aromatic carboxylic acids is 1. The first-order valence-corrected chi connectivity index (χ1v) is 10.1. The second-order valence-electron chi connectivity index (χ2n) is 8.57. The van der Waals surface area contributed by atoms with E-state index in [9.17, 15) is 14.7 Å². The van der Waals surface area contributed by atoms with Crippen molar-refractivity contribution >= 4 is 29.2 Å². The van der Waals surface area contributed by atoms with Crippen LogP contribution in [0.1, 0.15) is 47.1 Å². The van der Waals surface area contributed by atoms with E-state index in [-0.39, 0.29) is 17.4 Å². The van der Waals surface area contributed by atoms with Gasteiger partial charge in [0.25, 0.3) is 0 Å². The van der Waals surface area contributed by atoms with Gasteiger partial charge < -0.3 is 10.4 Å². The van der Waals surface area contributed by atoms with Gasteiger partial charge in [-0.05, 0) is 36.5 Å². The first kappa shape index (κ1) is 19.9. The number of carboxylic acids is 1. The van der Waals surface area contributed by atoms with E-state index >= 15 is 0 Å². The molecule has 1 aliphatic rings. The summed E-state index contributed by atoms with van der Waals surface area (Å²) in [7, 11) is 3.71. The molecule has 0 amide bonds. The van der Waals surface area contributed by atoms with Crippen molar-refractivity contribution in [3.05, 3.63) is 59.3 Å². The zero-order valence-corrected chi connectivity index (χ0v) is 17.9. The molecule has 1 atom stereocenters. The Morgan fingerprint density at radius 3 is 2.47 bits per heavy atom. The summed E-state index contributed by atoms with van der Waals surface area (Å²) in [5, 5.41) is 13.5. The third-order valence-electron chi connectivity index (χ3n) is 6.12. The third-order valence-corrected chi connectivity index (χ3v) is 6.12. The van der Waals surface area contributed by atoms with Crippen LogP contribution in [0.2, 0.25) is 0 Å². The highest BCUT2D eigenvalue weighted by Crippen LogP contribution is 2.39. The maximum atomic E-state index is 13.4. The monoisotopic (exact) mass is 407 g/mol. The number of hydrogen-bond acceptors (Lipinski definition) is 4. The van der Waals surface area contributed by atoms with Gasteiger partial charge in [0.2, 0.25) is 5.82 Å². The van der Waals surface area contributed by atoms with Crippen LogP contribution in [-0.2, 0) is 6.42 Å². The summed E-state index contributed by atoms with van der Waals surface area (Å²) in [4.78, 5) is 27.7. The Hall–Kier alpha value is -3.35. The number of benzene rings is 1. The molecule has 0 radical (unpaired) electrons. The quantitative estimate of drug-likeness (QED) is 0.636. The second kappa shape index (κ2) is 6.86. The smallest absolute Gasteiger partial charge is 0.373 e. The molecule has 30 heavy (non-hydrogen) atoms. The molecule has 3 heterocycles. The number of rotatable bonds is 5. The van der Waals surface area contributed by atoms with E-state index in [1.54, 1.807) is 8.97 Å². The van der Waals surface area contributed by atoms with E-state index in [2.05, 4.69) is 5.32 Å². The van der Waals surface area contributed by atoms with E-state index in [1.807, 2.05) is 82.4 Å². The molecule has 1 aliphatic heterocycles. The summed E-state index contributed by atoms with van der Waals surface area (Å²) in [5.41, 5.74) is 1.66. The predicted octanol–water partition coefficient (Wildman–Crippen LogP) is 3.06. The Bertz CT molecular complexity index is 1160. The number of fused-ring (bicyclic) bond motifs is 3. The fourth-order valence-electron chi connectivity index (χ4n) is 4.16. The SMILES string of the molecule is CC(C)C1(C)Nc2c3c(C(=O)O)c(Cc4ccccc4)cc[n+]3c(N(C)C)n2C1=O. The van der Waals surface area contributed by atoms with E-state index in [0.717, 1.165) is 5.56 Å². The van der Waals surface area contributed by atoms with E-state index in [4.69, 9.17) is 0 Å². The highest BCUT2D eigenvalue weighted by Gasteiger charge is 2.52. The molecule has 3 aromatic rings. The molecule has 2 N–H and O–H groups in total. The maximum absolute atomic E-state index is 13.4. The summed E-state index contributed by atoms with van der Waals surface area (Å²) in [6, 6.07) is 11.6. The van der Waals surface area contributed by atoms with Crippen molar-refractivity contribution in [1.29, 1.82) is 0 Å². The van der Waals surface area contributed by atoms with Gasteiger partial charge in [0, 0.05) is 0 Å². The van der Waals surface area contributed by atoms with Crippen molar-refractivity contribution in [3.8, 4) is 0 Å². The first-order chi connectivity index (χ1) is 14.2. The first-order valence-electron chi connectivity index (χ1n) is 10.1. The number of imidazole rings is 1. The van der Waals surface area contributed by atoms with Gasteiger partial charge in [0.05, 0.1) is 20.3 Å². The van der Waals surface area contributed by atoms with Crippen LogP contribution in [0.15, 0.2) is 42.6 Å². The second-order valence-corrected chi connectivity index (χ2v) is 8.57. The number of nitrogens with one attached hydrogen (secondary N) is 1. The molecule has 156 valence electrons. The number of nitrogens with zero attached hydrogens (tertiary/aromatic N) is 3. The Morgan fingerprint density at radius 2 is 1.90 bits per heavy atom. The highest BCUT2D eigenvalue weighted by molar-refractivity contribution is 6.07. The van der Waals surface area contributed by atoms with Crippen LogP contribution >= 0.6 is 0 Å². The normalized spacial score (nSPS) is 18.0. The van der Waals surface area contributed by atoms with Crippen molar-refractivity contribution in [2.24, 2.45) is 5.92 Å². The number of carbonyl (C=O) groups is 2. The van der Waals surface area contributed by atoms with Crippen molar-refractivity contribution in [3.63, 3.8) is 0 Å². The Morgan fingerprint density at radius 1 is 1.23 bits per heavy atom. The van der Waals surface area contributed by atoms with Crippen LogP contribution in [-0.4, -0.2) is 41.2 Å². The topological polar surface area (TPSA) is 78.7 Å². The van der Waals surface area contributed by atoms with Crippen LogP contribution < -0.4 is 14.6 Å². The van der Waals surface area contributed by atoms with Gasteiger partial charge in [0.1, 0.15) is 11.1 Å². The molecule has 0 spiro atoms. The van der Waals surface area contributed by atoms with Crippen LogP contribution in [0.3, 0.4) is 0 Å². The molecule has 4 rings (SSSR count). The minimum atomic E-state index is -1.01. The average Bonchev–Trinajstić information content (AvgIpc) is 3.14. The van der Waals surface area contributed by atoms with Crippen LogP contribution in [0, 0.1) is 5.92 Å². The molecular formula is C23H27N4O3+. The molecule has 1 aromatic carbocycles. The van der Waals surface area contributed by atoms with E-state index in [0.29, 0.717) is 29.3 Å². The Kier molecular flexibility index (Phi) is 4.56. The summed E-state index contributed by atoms with van der Waals surface area (Å²) >= 11 is 0. The average molecular weight is 407 g/mol. The lowest BCUT2D eigenvalue weighted by Crippen LogP contribution is -2.46. The van der Waals surface area contributed by atoms with Gasteiger partial charge >= 0.3 is 17.8 Å². The molecule has 0 saturated carbocycles. The number of anilines is 2. The van der Waals surface area contributed by atoms with Crippen molar-refractivity contribution in [1.82, 2.24) is 4.57 Å². The lowest BCUT2D eigenvalue weighted by molar-refractivity contribution is -0.497. The number of aromatic nitrogens is 2. The lowest BCUT2D eigenvalue weighted by atomic mass is 9.88. The van der Waals surface area contributed by atoms with Crippen LogP contribution in [0.25, 0.3) is 5.52 Å². The summed E-state index contributed by atoms with van der Waals surface area (Å²) < 4.78 is 3.41. The van der Waals surface area contributed by atoms with Crippen molar-refractivity contribution in [2.75, 3.05) is 24.3 Å². The van der Waals surface area contributed by atoms with Gasteiger partial charge in [-0.15, -0.1) is 4.57 Å². The molecule has 2 aromatic heterocycles. The third kappa shape index (κ3) is 2.76. The van der Waals surface area contributed by atoms with Crippen LogP contribution in [0.5, 0.6) is 0 Å². The van der Waals surface area contributed by atoms with Gasteiger partial charge in [0.15, 0.2) is 5.52 Å². The molecule has 0 fully saturated rings. The molecule has 0 bridgehead atoms. The van der Waals surface area contributed by atoms with Gasteiger partial charge in [-0.3, -0.25) is 9.69 Å². The van der Waals surface area contributed by atoms with Crippen molar-refractivity contribution < 1.29 is 19.1 Å². The molecule has 7 heteroatoms. The maximum Gasteiger partial charge on any atom is 0.373 e. The standard InChI is InChI=1S/C23H26N4O3/c1-14(2)23(3)21(30)27-19(24-23)18-17(20(28)29)16(13-15-9-7-6-8-10-15)11-12-26(18)22(27)25(4)5/h6-12,14,24H,13H2,1-5H3/p+1. The number of hydrogen-bond donors (Lipinski definition) is 2. The number of carboxylic acid groups (broad SMARTS) is 1. The minimum absolute atomic E-state index is 0.0285. The fraction of sp³-hybridized carbons (Fsp3) is 0.348. The summed E-state index contributed by atoms with van der Waals surface area (Å²) in [5.74, 6) is 0.0922. The largest absolute Gasteiger partial charge is 0.478 e. The molecule has 0 aliphatic carbocycles. The van der Waals surface area contributed by atoms with Crippen LogP contribution in [0.4, 0.5) is 11.8 Å². The summed E-state index contributed by atoms with van der Waals surface area (Å²) in [6.07, 6.45) is 2.35. The predicted molar refractivity (Wildman–Crippen MR) is 116 cm³/mol. The molecule has 0 saturated heterocycles. The fourth-order valence-corrected chi connectivity index (χ4v) is 4.16. The zero-order chi connectivity index (χ0) is 21.8. The van der Waals surface area contributed by atoms with Crippen molar-refractivity contribution in [2.45, 2.75) is 32.7 Å². The number of carbonyl (C=O) groups excluding carboxylic acids is 1. The Labute approximate surface area is 175 Å². The van der Waals surface area contributed by atoms with Gasteiger partial charge in [-0.1, -0.05) is 44.2 Å². The molecule has 7 nitrogen and oxygen atoms in total. The number of pyridine rings is 1. The van der Waals surface area contributed by atoms with E-state index < -0.39 is 11.5 Å². The van der Waals surface area contributed by atoms with Gasteiger partial charge in [-0.2, -0.15) is 4.40 Å². The molecule has 1 unspecified atom stereocenters. The Balaban J connectivity index is 2.03.